The largest absolute Gasteiger partial charge is 0.481 e. The molecule has 0 fully saturated rings. The molecule has 6 nitrogen and oxygen atoms in total. The van der Waals surface area contributed by atoms with Crippen LogP contribution in [-0.2, 0) is 17.3 Å². The summed E-state index contributed by atoms with van der Waals surface area (Å²) in [5.41, 5.74) is 1.21. The topological polar surface area (TPSA) is 84.2 Å². The zero-order valence-corrected chi connectivity index (χ0v) is 12.7. The molecule has 0 bridgehead atoms. The number of nitrogens with one attached hydrogen (secondary N) is 1. The van der Waals surface area contributed by atoms with E-state index < -0.39 is 5.97 Å². The summed E-state index contributed by atoms with van der Waals surface area (Å²) < 4.78 is 1.56. The molecular weight excluding hydrogens is 258 g/mol. The molecule has 0 saturated heterocycles. The van der Waals surface area contributed by atoms with E-state index in [2.05, 4.69) is 10.4 Å². The summed E-state index contributed by atoms with van der Waals surface area (Å²) in [6.45, 7) is 7.90. The molecule has 1 aromatic heterocycles. The van der Waals surface area contributed by atoms with Crippen LogP contribution in [-0.4, -0.2) is 32.8 Å². The molecule has 1 aromatic rings. The van der Waals surface area contributed by atoms with E-state index in [1.807, 2.05) is 20.8 Å². The molecule has 0 aliphatic carbocycles. The molecular formula is C14H23N3O3. The van der Waals surface area contributed by atoms with Crippen LogP contribution in [0, 0.1) is 0 Å². The second-order valence-corrected chi connectivity index (χ2v) is 6.10. The molecule has 0 aliphatic heterocycles. The van der Waals surface area contributed by atoms with Gasteiger partial charge in [0.2, 0.25) is 0 Å². The maximum atomic E-state index is 12.1. The summed E-state index contributed by atoms with van der Waals surface area (Å²) in [5, 5.41) is 15.8. The molecule has 1 amide bonds. The van der Waals surface area contributed by atoms with Crippen molar-refractivity contribution in [3.63, 3.8) is 0 Å². The van der Waals surface area contributed by atoms with E-state index in [9.17, 15) is 9.59 Å². The Hall–Kier alpha value is -1.85. The normalized spacial score (nSPS) is 13.1. The fourth-order valence-corrected chi connectivity index (χ4v) is 1.76. The van der Waals surface area contributed by atoms with E-state index in [0.717, 1.165) is 5.69 Å². The monoisotopic (exact) mass is 281 g/mol. The van der Waals surface area contributed by atoms with Crippen LogP contribution in [0.5, 0.6) is 0 Å². The van der Waals surface area contributed by atoms with E-state index in [4.69, 9.17) is 5.11 Å². The van der Waals surface area contributed by atoms with Gasteiger partial charge < -0.3 is 10.4 Å². The highest BCUT2D eigenvalue weighted by atomic mass is 16.4. The van der Waals surface area contributed by atoms with Crippen LogP contribution in [0.2, 0.25) is 0 Å². The number of rotatable bonds is 5. The van der Waals surface area contributed by atoms with Crippen LogP contribution >= 0.6 is 0 Å². The predicted octanol–water partition coefficient (Wildman–Crippen LogP) is 1.70. The van der Waals surface area contributed by atoms with Crippen molar-refractivity contribution in [3.8, 4) is 0 Å². The van der Waals surface area contributed by atoms with Gasteiger partial charge in [-0.15, -0.1) is 0 Å². The number of amides is 1. The lowest BCUT2D eigenvalue weighted by molar-refractivity contribution is -0.137. The zero-order valence-electron chi connectivity index (χ0n) is 12.7. The van der Waals surface area contributed by atoms with Crippen LogP contribution in [0.25, 0.3) is 0 Å². The van der Waals surface area contributed by atoms with Gasteiger partial charge >= 0.3 is 5.97 Å². The first-order chi connectivity index (χ1) is 9.11. The highest BCUT2D eigenvalue weighted by molar-refractivity contribution is 5.92. The number of aryl methyl sites for hydroxylation is 1. The fraction of sp³-hybridized carbons (Fsp3) is 0.643. The summed E-state index contributed by atoms with van der Waals surface area (Å²) >= 11 is 0. The van der Waals surface area contributed by atoms with Crippen molar-refractivity contribution in [3.05, 3.63) is 17.5 Å². The van der Waals surface area contributed by atoms with Crippen molar-refractivity contribution in [2.24, 2.45) is 7.05 Å². The second-order valence-electron chi connectivity index (χ2n) is 6.10. The number of aromatic nitrogens is 2. The van der Waals surface area contributed by atoms with Gasteiger partial charge in [0, 0.05) is 24.9 Å². The fourth-order valence-electron chi connectivity index (χ4n) is 1.76. The van der Waals surface area contributed by atoms with Gasteiger partial charge in [-0.1, -0.05) is 20.8 Å². The number of hydrogen-bond donors (Lipinski definition) is 2. The van der Waals surface area contributed by atoms with Gasteiger partial charge in [0.05, 0.1) is 5.69 Å². The minimum absolute atomic E-state index is 0.0417. The molecule has 0 spiro atoms. The van der Waals surface area contributed by atoms with Crippen molar-refractivity contribution in [1.82, 2.24) is 15.1 Å². The Morgan fingerprint density at radius 2 is 2.05 bits per heavy atom. The van der Waals surface area contributed by atoms with Crippen LogP contribution in [0.1, 0.15) is 56.7 Å². The van der Waals surface area contributed by atoms with Gasteiger partial charge in [-0.25, -0.2) is 0 Å². The number of carboxylic acids is 1. The van der Waals surface area contributed by atoms with Crippen molar-refractivity contribution in [1.29, 1.82) is 0 Å². The summed E-state index contributed by atoms with van der Waals surface area (Å²) in [6, 6.07) is 1.59. The lowest BCUT2D eigenvalue weighted by Crippen LogP contribution is -2.34. The Morgan fingerprint density at radius 1 is 1.45 bits per heavy atom. The number of nitrogens with zero attached hydrogens (tertiary/aromatic N) is 2. The molecule has 1 atom stereocenters. The van der Waals surface area contributed by atoms with E-state index in [-0.39, 0.29) is 23.8 Å². The first-order valence-corrected chi connectivity index (χ1v) is 6.68. The number of carbonyl (C=O) groups excluding carboxylic acids is 1. The predicted molar refractivity (Wildman–Crippen MR) is 75.7 cm³/mol. The second kappa shape index (κ2) is 6.07. The minimum atomic E-state index is -0.860. The Bertz CT molecular complexity index is 500. The minimum Gasteiger partial charge on any atom is -0.481 e. The Morgan fingerprint density at radius 3 is 2.50 bits per heavy atom. The lowest BCUT2D eigenvalue weighted by Gasteiger charge is -2.13. The van der Waals surface area contributed by atoms with Gasteiger partial charge in [-0.3, -0.25) is 14.3 Å². The highest BCUT2D eigenvalue weighted by Crippen LogP contribution is 2.21. The summed E-state index contributed by atoms with van der Waals surface area (Å²) in [5.74, 6) is -1.09. The summed E-state index contributed by atoms with van der Waals surface area (Å²) in [7, 11) is 1.73. The molecule has 112 valence electrons. The number of carboxylic acid groups (broad SMARTS) is 1. The molecule has 6 heteroatoms. The third-order valence-electron chi connectivity index (χ3n) is 3.05. The standard InChI is InChI=1S/C14H23N3O3/c1-9(6-7-12(18)19)15-13(20)10-8-11(14(2,3)4)16-17(10)5/h8-9H,6-7H2,1-5H3,(H,15,20)(H,18,19). The van der Waals surface area contributed by atoms with Crippen LogP contribution in [0.15, 0.2) is 6.07 Å². The Kier molecular flexibility index (Phi) is 4.92. The molecule has 1 heterocycles. The van der Waals surface area contributed by atoms with Gasteiger partial charge in [0.15, 0.2) is 0 Å². The van der Waals surface area contributed by atoms with Crippen LogP contribution < -0.4 is 5.32 Å². The third kappa shape index (κ3) is 4.36. The molecule has 1 unspecified atom stereocenters. The molecule has 1 rings (SSSR count). The van der Waals surface area contributed by atoms with E-state index in [0.29, 0.717) is 12.1 Å². The van der Waals surface area contributed by atoms with Gasteiger partial charge in [-0.2, -0.15) is 5.10 Å². The smallest absolute Gasteiger partial charge is 0.303 e. The first kappa shape index (κ1) is 16.2. The van der Waals surface area contributed by atoms with E-state index >= 15 is 0 Å². The number of hydrogen-bond acceptors (Lipinski definition) is 3. The Balaban J connectivity index is 2.73. The first-order valence-electron chi connectivity index (χ1n) is 6.68. The number of aliphatic carboxylic acids is 1. The SMILES string of the molecule is CC(CCC(=O)O)NC(=O)c1cc(C(C)(C)C)nn1C. The van der Waals surface area contributed by atoms with Crippen molar-refractivity contribution in [2.45, 2.75) is 52.0 Å². The number of carbonyl (C=O) groups is 2. The average molecular weight is 281 g/mol. The van der Waals surface area contributed by atoms with Crippen molar-refractivity contribution in [2.75, 3.05) is 0 Å². The molecule has 2 N–H and O–H groups in total. The van der Waals surface area contributed by atoms with Crippen LogP contribution in [0.3, 0.4) is 0 Å². The zero-order chi connectivity index (χ0) is 15.5. The van der Waals surface area contributed by atoms with Gasteiger partial charge in [-0.05, 0) is 19.4 Å². The van der Waals surface area contributed by atoms with Gasteiger partial charge in [0.1, 0.15) is 5.69 Å². The summed E-state index contributed by atoms with van der Waals surface area (Å²) in [6.07, 6.45) is 0.450. The van der Waals surface area contributed by atoms with Gasteiger partial charge in [0.25, 0.3) is 5.91 Å². The maximum Gasteiger partial charge on any atom is 0.303 e. The molecule has 0 aliphatic rings. The molecule has 0 saturated carbocycles. The molecule has 20 heavy (non-hydrogen) atoms. The van der Waals surface area contributed by atoms with Crippen molar-refractivity contribution < 1.29 is 14.7 Å². The van der Waals surface area contributed by atoms with Crippen LogP contribution in [0.4, 0.5) is 0 Å². The quantitative estimate of drug-likeness (QED) is 0.860. The lowest BCUT2D eigenvalue weighted by atomic mass is 9.92. The van der Waals surface area contributed by atoms with Crippen molar-refractivity contribution >= 4 is 11.9 Å². The summed E-state index contributed by atoms with van der Waals surface area (Å²) in [4.78, 5) is 22.6. The van der Waals surface area contributed by atoms with E-state index in [1.54, 1.807) is 24.7 Å². The molecule has 0 radical (unpaired) electrons. The molecule has 0 aromatic carbocycles. The van der Waals surface area contributed by atoms with E-state index in [1.165, 1.54) is 0 Å². The Labute approximate surface area is 119 Å². The third-order valence-corrected chi connectivity index (χ3v) is 3.05. The average Bonchev–Trinajstić information content (AvgIpc) is 2.68. The maximum absolute atomic E-state index is 12.1. The highest BCUT2D eigenvalue weighted by Gasteiger charge is 2.22.